The van der Waals surface area contributed by atoms with Crippen LogP contribution in [0.3, 0.4) is 0 Å². The SMILES string of the molecule is C=CC1=C(C(=O)O)N2C(=O)[C@@H](NC(=O)/C(=N\O)c3csc(N)n3)C2SC1. The highest BCUT2D eigenvalue weighted by Crippen LogP contribution is 2.40. The Hall–Kier alpha value is -2.86. The van der Waals surface area contributed by atoms with Crippen molar-refractivity contribution in [3.63, 3.8) is 0 Å². The van der Waals surface area contributed by atoms with Gasteiger partial charge in [-0.25, -0.2) is 9.78 Å². The van der Waals surface area contributed by atoms with Crippen molar-refractivity contribution in [3.05, 3.63) is 35.0 Å². The summed E-state index contributed by atoms with van der Waals surface area (Å²) < 4.78 is 0. The number of carbonyl (C=O) groups is 3. The van der Waals surface area contributed by atoms with Crippen LogP contribution in [0.4, 0.5) is 5.13 Å². The summed E-state index contributed by atoms with van der Waals surface area (Å²) in [5, 5.41) is 24.9. The maximum absolute atomic E-state index is 12.4. The monoisotopic (exact) mass is 395 g/mol. The van der Waals surface area contributed by atoms with Crippen LogP contribution in [0.2, 0.25) is 0 Å². The summed E-state index contributed by atoms with van der Waals surface area (Å²) in [6.45, 7) is 3.56. The number of nitrogens with zero attached hydrogens (tertiary/aromatic N) is 3. The van der Waals surface area contributed by atoms with Gasteiger partial charge >= 0.3 is 5.97 Å². The number of aliphatic carboxylic acids is 1. The number of anilines is 1. The number of nitrogen functional groups attached to an aromatic ring is 1. The number of hydrogen-bond acceptors (Lipinski definition) is 9. The lowest BCUT2D eigenvalue weighted by Crippen LogP contribution is -2.71. The van der Waals surface area contributed by atoms with Crippen molar-refractivity contribution in [1.29, 1.82) is 0 Å². The number of rotatable bonds is 5. The van der Waals surface area contributed by atoms with Gasteiger partial charge in [0.05, 0.1) is 0 Å². The number of carbonyl (C=O) groups excluding carboxylic acids is 2. The van der Waals surface area contributed by atoms with Gasteiger partial charge in [0.2, 0.25) is 0 Å². The molecule has 2 aliphatic rings. The smallest absolute Gasteiger partial charge is 0.352 e. The third-order valence-electron chi connectivity index (χ3n) is 3.81. The predicted octanol–water partition coefficient (Wildman–Crippen LogP) is -0.172. The fourth-order valence-corrected chi connectivity index (χ4v) is 4.51. The summed E-state index contributed by atoms with van der Waals surface area (Å²) >= 11 is 2.37. The van der Waals surface area contributed by atoms with E-state index in [1.165, 1.54) is 23.2 Å². The van der Waals surface area contributed by atoms with Gasteiger partial charge in [0.1, 0.15) is 22.8 Å². The van der Waals surface area contributed by atoms with Gasteiger partial charge in [-0.05, 0) is 5.57 Å². The first kappa shape index (κ1) is 17.9. The Morgan fingerprint density at radius 1 is 1.54 bits per heavy atom. The normalized spacial score (nSPS) is 22.5. The lowest BCUT2D eigenvalue weighted by atomic mass is 10.0. The summed E-state index contributed by atoms with van der Waals surface area (Å²) in [5.74, 6) is -2.27. The molecule has 0 saturated carbocycles. The molecule has 136 valence electrons. The molecule has 2 aliphatic heterocycles. The van der Waals surface area contributed by atoms with E-state index in [9.17, 15) is 19.5 Å². The zero-order valence-electron chi connectivity index (χ0n) is 13.1. The number of nitrogens with two attached hydrogens (primary N) is 1. The number of amides is 2. The molecule has 12 heteroatoms. The van der Waals surface area contributed by atoms with Gasteiger partial charge < -0.3 is 21.4 Å². The number of hydrogen-bond donors (Lipinski definition) is 4. The van der Waals surface area contributed by atoms with E-state index >= 15 is 0 Å². The minimum atomic E-state index is -1.24. The third kappa shape index (κ3) is 2.82. The second-order valence-electron chi connectivity index (χ2n) is 5.26. The van der Waals surface area contributed by atoms with Crippen LogP contribution < -0.4 is 11.1 Å². The molecule has 5 N–H and O–H groups in total. The van der Waals surface area contributed by atoms with Crippen molar-refractivity contribution in [2.45, 2.75) is 11.4 Å². The first-order chi connectivity index (χ1) is 12.4. The standard InChI is InChI=1S/C14H13N5O5S2/c1-2-5-3-25-12-8(11(21)19(12)9(5)13(22)23)17-10(20)7(18-24)6-4-26-14(15)16-6/h2,4,8,12,24H,1,3H2,(H2,15,16)(H,17,20)(H,22,23)/b18-7-/t8-,12?/m1/s1. The van der Waals surface area contributed by atoms with Crippen LogP contribution in [-0.2, 0) is 14.4 Å². The largest absolute Gasteiger partial charge is 0.477 e. The second-order valence-corrected chi connectivity index (χ2v) is 7.26. The molecule has 0 aromatic carbocycles. The number of nitrogens with one attached hydrogen (secondary N) is 1. The third-order valence-corrected chi connectivity index (χ3v) is 5.79. The number of allylic oxidation sites excluding steroid dienone is 1. The van der Waals surface area contributed by atoms with E-state index in [1.807, 2.05) is 0 Å². The second kappa shape index (κ2) is 6.80. The van der Waals surface area contributed by atoms with Gasteiger partial charge in [-0.15, -0.1) is 23.1 Å². The van der Waals surface area contributed by atoms with Gasteiger partial charge in [-0.3, -0.25) is 14.5 Å². The van der Waals surface area contributed by atoms with Crippen LogP contribution in [0.5, 0.6) is 0 Å². The molecular weight excluding hydrogens is 382 g/mol. The lowest BCUT2D eigenvalue weighted by molar-refractivity contribution is -0.150. The molecule has 1 saturated heterocycles. The Bertz CT molecular complexity index is 877. The number of thioether (sulfide) groups is 1. The minimum absolute atomic E-state index is 0.0764. The summed E-state index contributed by atoms with van der Waals surface area (Å²) in [5.41, 5.74) is 5.49. The Labute approximate surface area is 155 Å². The van der Waals surface area contributed by atoms with Crippen molar-refractivity contribution in [2.24, 2.45) is 5.16 Å². The van der Waals surface area contributed by atoms with Crippen LogP contribution >= 0.6 is 23.1 Å². The highest BCUT2D eigenvalue weighted by Gasteiger charge is 2.54. The van der Waals surface area contributed by atoms with E-state index in [2.05, 4.69) is 22.0 Å². The highest BCUT2D eigenvalue weighted by atomic mass is 32.2. The molecule has 2 atom stereocenters. The van der Waals surface area contributed by atoms with Crippen molar-refractivity contribution in [1.82, 2.24) is 15.2 Å². The van der Waals surface area contributed by atoms with Crippen LogP contribution in [-0.4, -0.2) is 60.9 Å². The van der Waals surface area contributed by atoms with E-state index in [0.29, 0.717) is 11.3 Å². The molecular formula is C14H13N5O5S2. The molecule has 0 radical (unpaired) electrons. The Morgan fingerprint density at radius 3 is 2.81 bits per heavy atom. The van der Waals surface area contributed by atoms with Crippen molar-refractivity contribution >= 4 is 51.7 Å². The lowest BCUT2D eigenvalue weighted by Gasteiger charge is -2.49. The molecule has 2 amide bonds. The van der Waals surface area contributed by atoms with Gasteiger partial charge in [0.15, 0.2) is 10.8 Å². The zero-order chi connectivity index (χ0) is 19.0. The number of thiazole rings is 1. The molecule has 26 heavy (non-hydrogen) atoms. The van der Waals surface area contributed by atoms with Crippen molar-refractivity contribution in [3.8, 4) is 0 Å². The van der Waals surface area contributed by atoms with Gasteiger partial charge in [0, 0.05) is 11.1 Å². The van der Waals surface area contributed by atoms with E-state index in [4.69, 9.17) is 10.9 Å². The number of oxime groups is 1. The van der Waals surface area contributed by atoms with E-state index < -0.39 is 29.2 Å². The molecule has 0 aliphatic carbocycles. The maximum Gasteiger partial charge on any atom is 0.352 e. The number of carboxylic acid groups (broad SMARTS) is 1. The predicted molar refractivity (Wildman–Crippen MR) is 94.7 cm³/mol. The number of aromatic nitrogens is 1. The van der Waals surface area contributed by atoms with Crippen LogP contribution in [0.15, 0.2) is 34.5 Å². The van der Waals surface area contributed by atoms with E-state index in [1.54, 1.807) is 0 Å². The van der Waals surface area contributed by atoms with Gasteiger partial charge in [0.25, 0.3) is 11.8 Å². The average Bonchev–Trinajstić information content (AvgIpc) is 3.04. The summed E-state index contributed by atoms with van der Waals surface area (Å²) in [6, 6.07) is -0.944. The summed E-state index contributed by atoms with van der Waals surface area (Å²) in [4.78, 5) is 41.2. The minimum Gasteiger partial charge on any atom is -0.477 e. The van der Waals surface area contributed by atoms with Crippen LogP contribution in [0.25, 0.3) is 0 Å². The van der Waals surface area contributed by atoms with Crippen LogP contribution in [0, 0.1) is 0 Å². The maximum atomic E-state index is 12.4. The zero-order valence-corrected chi connectivity index (χ0v) is 14.7. The molecule has 1 unspecified atom stereocenters. The fraction of sp³-hybridized carbons (Fsp3) is 0.214. The van der Waals surface area contributed by atoms with E-state index in [0.717, 1.165) is 16.2 Å². The van der Waals surface area contributed by atoms with Crippen molar-refractivity contribution < 1.29 is 24.7 Å². The molecule has 3 heterocycles. The molecule has 3 rings (SSSR count). The van der Waals surface area contributed by atoms with Crippen LogP contribution in [0.1, 0.15) is 5.69 Å². The summed E-state index contributed by atoms with van der Waals surface area (Å²) in [7, 11) is 0. The van der Waals surface area contributed by atoms with Crippen molar-refractivity contribution in [2.75, 3.05) is 11.5 Å². The topological polar surface area (TPSA) is 158 Å². The fourth-order valence-electron chi connectivity index (χ4n) is 2.62. The van der Waals surface area contributed by atoms with Gasteiger partial charge in [-0.1, -0.05) is 17.8 Å². The Morgan fingerprint density at radius 2 is 2.27 bits per heavy atom. The molecule has 10 nitrogen and oxygen atoms in total. The number of fused-ring (bicyclic) bond motifs is 1. The van der Waals surface area contributed by atoms with E-state index in [-0.39, 0.29) is 22.2 Å². The highest BCUT2D eigenvalue weighted by molar-refractivity contribution is 8.00. The average molecular weight is 395 g/mol. The molecule has 1 aromatic heterocycles. The van der Waals surface area contributed by atoms with Gasteiger partial charge in [-0.2, -0.15) is 0 Å². The molecule has 1 fully saturated rings. The molecule has 0 spiro atoms. The first-order valence-electron chi connectivity index (χ1n) is 7.16. The molecule has 1 aromatic rings. The quantitative estimate of drug-likeness (QED) is 0.231. The molecule has 0 bridgehead atoms. The number of β-lactam (4-membered cyclic amide) rings is 1. The number of carboxylic acids is 1. The summed E-state index contributed by atoms with van der Waals surface area (Å²) in [6.07, 6.45) is 1.40. The Balaban J connectivity index is 1.78. The first-order valence-corrected chi connectivity index (χ1v) is 9.09. The Kier molecular flexibility index (Phi) is 4.70.